The molecule has 0 aliphatic carbocycles. The zero-order valence-electron chi connectivity index (χ0n) is 12.5. The number of nitrogens with zero attached hydrogens (tertiary/aromatic N) is 2. The lowest BCUT2D eigenvalue weighted by Crippen LogP contribution is -2.46. The molecule has 0 bridgehead atoms. The third-order valence-electron chi connectivity index (χ3n) is 2.81. The SMILES string of the molecule is CC(CC(C)(C)C#N)NNC(C)CC(C)(C)C#N. The minimum absolute atomic E-state index is 0.215. The Hall–Kier alpha value is -1.10. The van der Waals surface area contributed by atoms with Crippen molar-refractivity contribution >= 4 is 0 Å². The van der Waals surface area contributed by atoms with Crippen LogP contribution in [0.4, 0.5) is 0 Å². The fourth-order valence-electron chi connectivity index (χ4n) is 2.01. The number of rotatable bonds is 7. The highest BCUT2D eigenvalue weighted by atomic mass is 15.4. The van der Waals surface area contributed by atoms with E-state index in [4.69, 9.17) is 10.5 Å². The highest BCUT2D eigenvalue weighted by Gasteiger charge is 2.22. The van der Waals surface area contributed by atoms with Crippen molar-refractivity contribution < 1.29 is 0 Å². The first-order valence-electron chi connectivity index (χ1n) is 6.45. The zero-order valence-corrected chi connectivity index (χ0v) is 12.5. The van der Waals surface area contributed by atoms with Crippen LogP contribution in [-0.2, 0) is 0 Å². The van der Waals surface area contributed by atoms with Gasteiger partial charge in [-0.3, -0.25) is 10.9 Å². The van der Waals surface area contributed by atoms with Crippen molar-refractivity contribution in [2.45, 2.75) is 66.5 Å². The van der Waals surface area contributed by atoms with E-state index in [2.05, 4.69) is 23.0 Å². The Morgan fingerprint density at radius 1 is 0.833 bits per heavy atom. The maximum atomic E-state index is 8.97. The second-order valence-electron chi connectivity index (χ2n) is 6.49. The monoisotopic (exact) mass is 250 g/mol. The van der Waals surface area contributed by atoms with E-state index in [9.17, 15) is 0 Å². The Morgan fingerprint density at radius 2 is 1.11 bits per heavy atom. The largest absolute Gasteiger partial charge is 0.255 e. The molecular formula is C14H26N4. The molecule has 0 heterocycles. The van der Waals surface area contributed by atoms with Crippen molar-refractivity contribution in [1.82, 2.24) is 10.9 Å². The van der Waals surface area contributed by atoms with E-state index in [1.165, 1.54) is 0 Å². The topological polar surface area (TPSA) is 71.6 Å². The lowest BCUT2D eigenvalue weighted by atomic mass is 9.87. The molecule has 2 unspecified atom stereocenters. The summed E-state index contributed by atoms with van der Waals surface area (Å²) in [5, 5.41) is 17.9. The summed E-state index contributed by atoms with van der Waals surface area (Å²) < 4.78 is 0. The molecule has 0 spiro atoms. The molecule has 0 aromatic carbocycles. The summed E-state index contributed by atoms with van der Waals surface area (Å²) in [6.07, 6.45) is 1.57. The molecule has 4 nitrogen and oxygen atoms in total. The second kappa shape index (κ2) is 6.73. The van der Waals surface area contributed by atoms with E-state index in [0.717, 1.165) is 12.8 Å². The van der Waals surface area contributed by atoms with Crippen LogP contribution >= 0.6 is 0 Å². The molecular weight excluding hydrogens is 224 g/mol. The van der Waals surface area contributed by atoms with Crippen molar-refractivity contribution in [3.63, 3.8) is 0 Å². The van der Waals surface area contributed by atoms with E-state index in [1.54, 1.807) is 0 Å². The van der Waals surface area contributed by atoms with Gasteiger partial charge in [-0.2, -0.15) is 10.5 Å². The smallest absolute Gasteiger partial charge is 0.0684 e. The summed E-state index contributed by atoms with van der Waals surface area (Å²) in [5.74, 6) is 0. The summed E-state index contributed by atoms with van der Waals surface area (Å²) in [6.45, 7) is 11.9. The maximum absolute atomic E-state index is 8.97. The minimum Gasteiger partial charge on any atom is -0.255 e. The number of nitriles is 2. The van der Waals surface area contributed by atoms with E-state index in [-0.39, 0.29) is 22.9 Å². The number of hydrazine groups is 1. The molecule has 0 saturated carbocycles. The van der Waals surface area contributed by atoms with Crippen LogP contribution in [-0.4, -0.2) is 12.1 Å². The maximum Gasteiger partial charge on any atom is 0.0684 e. The predicted molar refractivity (Wildman–Crippen MR) is 73.2 cm³/mol. The Labute approximate surface area is 111 Å². The van der Waals surface area contributed by atoms with Crippen LogP contribution < -0.4 is 10.9 Å². The van der Waals surface area contributed by atoms with Crippen LogP contribution in [0.15, 0.2) is 0 Å². The molecule has 0 amide bonds. The Kier molecular flexibility index (Phi) is 6.32. The lowest BCUT2D eigenvalue weighted by Gasteiger charge is -2.26. The van der Waals surface area contributed by atoms with Crippen LogP contribution in [0.2, 0.25) is 0 Å². The van der Waals surface area contributed by atoms with Gasteiger partial charge < -0.3 is 0 Å². The average Bonchev–Trinajstić information content (AvgIpc) is 2.25. The van der Waals surface area contributed by atoms with Crippen LogP contribution in [0.25, 0.3) is 0 Å². The van der Waals surface area contributed by atoms with Crippen molar-refractivity contribution in [1.29, 1.82) is 10.5 Å². The van der Waals surface area contributed by atoms with E-state index < -0.39 is 0 Å². The van der Waals surface area contributed by atoms with Crippen LogP contribution in [0.5, 0.6) is 0 Å². The summed E-state index contributed by atoms with van der Waals surface area (Å²) in [5.41, 5.74) is 5.79. The number of hydrogen-bond acceptors (Lipinski definition) is 4. The van der Waals surface area contributed by atoms with Gasteiger partial charge in [-0.15, -0.1) is 0 Å². The van der Waals surface area contributed by atoms with Crippen LogP contribution in [0, 0.1) is 33.5 Å². The molecule has 18 heavy (non-hydrogen) atoms. The number of hydrogen-bond donors (Lipinski definition) is 2. The molecule has 0 aromatic rings. The van der Waals surface area contributed by atoms with E-state index >= 15 is 0 Å². The van der Waals surface area contributed by atoms with Gasteiger partial charge in [-0.25, -0.2) is 0 Å². The Bertz CT molecular complexity index is 299. The summed E-state index contributed by atoms with van der Waals surface area (Å²) in [7, 11) is 0. The van der Waals surface area contributed by atoms with Gasteiger partial charge in [-0.05, 0) is 54.4 Å². The van der Waals surface area contributed by atoms with E-state index in [0.29, 0.717) is 0 Å². The first-order valence-corrected chi connectivity index (χ1v) is 6.45. The van der Waals surface area contributed by atoms with Crippen molar-refractivity contribution in [3.8, 4) is 12.1 Å². The molecule has 0 fully saturated rings. The minimum atomic E-state index is -0.316. The molecule has 2 N–H and O–H groups in total. The van der Waals surface area contributed by atoms with Crippen molar-refractivity contribution in [2.24, 2.45) is 10.8 Å². The molecule has 0 aliphatic heterocycles. The Morgan fingerprint density at radius 3 is 1.33 bits per heavy atom. The van der Waals surface area contributed by atoms with Crippen LogP contribution in [0.3, 0.4) is 0 Å². The van der Waals surface area contributed by atoms with Crippen molar-refractivity contribution in [3.05, 3.63) is 0 Å². The fraction of sp³-hybridized carbons (Fsp3) is 0.857. The third-order valence-corrected chi connectivity index (χ3v) is 2.81. The van der Waals surface area contributed by atoms with E-state index in [1.807, 2.05) is 41.5 Å². The average molecular weight is 250 g/mol. The molecule has 0 saturated heterocycles. The van der Waals surface area contributed by atoms with Crippen molar-refractivity contribution in [2.75, 3.05) is 0 Å². The molecule has 0 rings (SSSR count). The summed E-state index contributed by atoms with van der Waals surface area (Å²) in [6, 6.07) is 5.02. The first kappa shape index (κ1) is 16.9. The standard InChI is InChI=1S/C14H26N4/c1-11(7-13(3,4)9-15)17-18-12(2)8-14(5,6)10-16/h11-12,17-18H,7-8H2,1-6H3. The quantitative estimate of drug-likeness (QED) is 0.681. The van der Waals surface area contributed by atoms with Gasteiger partial charge >= 0.3 is 0 Å². The predicted octanol–water partition coefficient (Wildman–Crippen LogP) is 2.74. The molecule has 0 aromatic heterocycles. The van der Waals surface area contributed by atoms with Gasteiger partial charge in [0.2, 0.25) is 0 Å². The highest BCUT2D eigenvalue weighted by Crippen LogP contribution is 2.21. The highest BCUT2D eigenvalue weighted by molar-refractivity contribution is 4.95. The summed E-state index contributed by atoms with van der Waals surface area (Å²) in [4.78, 5) is 0. The van der Waals surface area contributed by atoms with Gasteiger partial charge in [0, 0.05) is 12.1 Å². The summed E-state index contributed by atoms with van der Waals surface area (Å²) >= 11 is 0. The molecule has 0 aliphatic rings. The fourth-order valence-corrected chi connectivity index (χ4v) is 2.01. The zero-order chi connectivity index (χ0) is 14.4. The van der Waals surface area contributed by atoms with Crippen LogP contribution in [0.1, 0.15) is 54.4 Å². The number of nitrogens with one attached hydrogen (secondary N) is 2. The first-order chi connectivity index (χ1) is 8.12. The molecule has 4 heteroatoms. The van der Waals surface area contributed by atoms with Gasteiger partial charge in [0.05, 0.1) is 23.0 Å². The molecule has 2 atom stereocenters. The third kappa shape index (κ3) is 7.27. The van der Waals surface area contributed by atoms with Gasteiger partial charge in [0.1, 0.15) is 0 Å². The van der Waals surface area contributed by atoms with Gasteiger partial charge in [0.25, 0.3) is 0 Å². The molecule has 102 valence electrons. The lowest BCUT2D eigenvalue weighted by molar-refractivity contribution is 0.289. The second-order valence-corrected chi connectivity index (χ2v) is 6.49. The normalized spacial score (nSPS) is 15.6. The van der Waals surface area contributed by atoms with Gasteiger partial charge in [0.15, 0.2) is 0 Å². The Balaban J connectivity index is 4.05. The van der Waals surface area contributed by atoms with Gasteiger partial charge in [-0.1, -0.05) is 0 Å². The molecule has 0 radical (unpaired) electrons.